The summed E-state index contributed by atoms with van der Waals surface area (Å²) in [7, 11) is 1.59. The molecule has 0 saturated heterocycles. The van der Waals surface area contributed by atoms with Gasteiger partial charge in [0.1, 0.15) is 5.75 Å². The van der Waals surface area contributed by atoms with Crippen molar-refractivity contribution in [3.63, 3.8) is 0 Å². The molecule has 0 amide bonds. The van der Waals surface area contributed by atoms with Crippen LogP contribution in [-0.2, 0) is 6.42 Å². The molecule has 0 aliphatic heterocycles. The molecule has 0 N–H and O–H groups in total. The maximum Gasteiger partial charge on any atom is 0.153 e. The van der Waals surface area contributed by atoms with Gasteiger partial charge in [0.05, 0.1) is 12.7 Å². The van der Waals surface area contributed by atoms with Crippen molar-refractivity contribution in [1.82, 2.24) is 0 Å². The Balaban J connectivity index is 2.74. The van der Waals surface area contributed by atoms with Gasteiger partial charge in [-0.3, -0.25) is 4.79 Å². The fourth-order valence-electron chi connectivity index (χ4n) is 1.81. The van der Waals surface area contributed by atoms with Crippen LogP contribution in [0, 0.1) is 0 Å². The molecule has 0 atom stereocenters. The van der Waals surface area contributed by atoms with Crippen molar-refractivity contribution >= 4 is 22.2 Å². The van der Waals surface area contributed by atoms with Crippen molar-refractivity contribution < 1.29 is 9.53 Å². The van der Waals surface area contributed by atoms with Gasteiger partial charge < -0.3 is 4.74 Å². The standard InChI is InChI=1S/C14H19BrO2/c1-3-4-5-6-7-11-9-14(17-2)12(10-16)8-13(11)15/h8-10H,3-7H2,1-2H3. The van der Waals surface area contributed by atoms with Gasteiger partial charge in [-0.2, -0.15) is 0 Å². The van der Waals surface area contributed by atoms with E-state index in [2.05, 4.69) is 22.9 Å². The van der Waals surface area contributed by atoms with Crippen LogP contribution in [0.3, 0.4) is 0 Å². The van der Waals surface area contributed by atoms with Gasteiger partial charge in [-0.15, -0.1) is 0 Å². The van der Waals surface area contributed by atoms with E-state index in [1.807, 2.05) is 12.1 Å². The number of methoxy groups -OCH3 is 1. The van der Waals surface area contributed by atoms with Crippen molar-refractivity contribution in [3.8, 4) is 5.75 Å². The first-order chi connectivity index (χ1) is 8.22. The summed E-state index contributed by atoms with van der Waals surface area (Å²) in [6.07, 6.45) is 6.80. The van der Waals surface area contributed by atoms with E-state index < -0.39 is 0 Å². The Kier molecular flexibility index (Phi) is 6.27. The van der Waals surface area contributed by atoms with E-state index >= 15 is 0 Å². The maximum atomic E-state index is 10.8. The molecule has 0 heterocycles. The lowest BCUT2D eigenvalue weighted by atomic mass is 10.0. The van der Waals surface area contributed by atoms with E-state index in [0.29, 0.717) is 11.3 Å². The SMILES string of the molecule is CCCCCCc1cc(OC)c(C=O)cc1Br. The predicted octanol–water partition coefficient (Wildman–Crippen LogP) is 4.39. The van der Waals surface area contributed by atoms with Crippen LogP contribution in [0.4, 0.5) is 0 Å². The van der Waals surface area contributed by atoms with Crippen molar-refractivity contribution in [1.29, 1.82) is 0 Å². The largest absolute Gasteiger partial charge is 0.496 e. The third kappa shape index (κ3) is 4.15. The van der Waals surface area contributed by atoms with Crippen LogP contribution in [0.25, 0.3) is 0 Å². The van der Waals surface area contributed by atoms with Crippen LogP contribution < -0.4 is 4.74 Å². The van der Waals surface area contributed by atoms with Crippen LogP contribution in [-0.4, -0.2) is 13.4 Å². The predicted molar refractivity (Wildman–Crippen MR) is 73.9 cm³/mol. The van der Waals surface area contributed by atoms with Gasteiger partial charge in [-0.1, -0.05) is 42.1 Å². The van der Waals surface area contributed by atoms with E-state index in [-0.39, 0.29) is 0 Å². The van der Waals surface area contributed by atoms with Gasteiger partial charge in [-0.25, -0.2) is 0 Å². The number of unbranched alkanes of at least 4 members (excludes halogenated alkanes) is 3. The molecule has 0 spiro atoms. The van der Waals surface area contributed by atoms with Gasteiger partial charge in [0.25, 0.3) is 0 Å². The summed E-state index contributed by atoms with van der Waals surface area (Å²) in [5.41, 5.74) is 1.81. The average molecular weight is 299 g/mol. The Morgan fingerprint density at radius 2 is 2.06 bits per heavy atom. The zero-order chi connectivity index (χ0) is 12.7. The number of aldehydes is 1. The fourth-order valence-corrected chi connectivity index (χ4v) is 2.37. The molecule has 2 nitrogen and oxygen atoms in total. The summed E-state index contributed by atoms with van der Waals surface area (Å²) in [6, 6.07) is 3.79. The summed E-state index contributed by atoms with van der Waals surface area (Å²) in [6.45, 7) is 2.21. The van der Waals surface area contributed by atoms with Crippen molar-refractivity contribution in [3.05, 3.63) is 27.7 Å². The zero-order valence-corrected chi connectivity index (χ0v) is 12.0. The number of hydrogen-bond acceptors (Lipinski definition) is 2. The second kappa shape index (κ2) is 7.49. The normalized spacial score (nSPS) is 10.3. The number of ether oxygens (including phenoxy) is 1. The minimum Gasteiger partial charge on any atom is -0.496 e. The molecule has 0 bridgehead atoms. The molecule has 3 heteroatoms. The second-order valence-corrected chi connectivity index (χ2v) is 4.97. The summed E-state index contributed by atoms with van der Waals surface area (Å²) in [5.74, 6) is 0.661. The summed E-state index contributed by atoms with van der Waals surface area (Å²) in [4.78, 5) is 10.8. The third-order valence-electron chi connectivity index (χ3n) is 2.83. The number of hydrogen-bond donors (Lipinski definition) is 0. The van der Waals surface area contributed by atoms with Crippen LogP contribution >= 0.6 is 15.9 Å². The lowest BCUT2D eigenvalue weighted by Gasteiger charge is -2.09. The number of benzene rings is 1. The van der Waals surface area contributed by atoms with Gasteiger partial charge in [0.15, 0.2) is 6.29 Å². The Labute approximate surface area is 111 Å². The van der Waals surface area contributed by atoms with Crippen molar-refractivity contribution in [2.45, 2.75) is 39.0 Å². The molecule has 0 fully saturated rings. The first-order valence-corrected chi connectivity index (χ1v) is 6.83. The molecule has 0 unspecified atom stereocenters. The van der Waals surface area contributed by atoms with E-state index in [1.54, 1.807) is 7.11 Å². The number of carbonyl (C=O) groups excluding carboxylic acids is 1. The highest BCUT2D eigenvalue weighted by molar-refractivity contribution is 9.10. The smallest absolute Gasteiger partial charge is 0.153 e. The Hall–Kier alpha value is -0.830. The quantitative estimate of drug-likeness (QED) is 0.551. The first-order valence-electron chi connectivity index (χ1n) is 6.04. The lowest BCUT2D eigenvalue weighted by Crippen LogP contribution is -1.95. The highest BCUT2D eigenvalue weighted by atomic mass is 79.9. The Morgan fingerprint density at radius 1 is 1.29 bits per heavy atom. The molecule has 94 valence electrons. The number of rotatable bonds is 7. The third-order valence-corrected chi connectivity index (χ3v) is 3.56. The second-order valence-electron chi connectivity index (χ2n) is 4.11. The summed E-state index contributed by atoms with van der Waals surface area (Å²) < 4.78 is 6.20. The van der Waals surface area contributed by atoms with Crippen LogP contribution in [0.5, 0.6) is 5.75 Å². The molecule has 0 aliphatic rings. The fraction of sp³-hybridized carbons (Fsp3) is 0.500. The molecule has 1 rings (SSSR count). The van der Waals surface area contributed by atoms with Gasteiger partial charge in [-0.05, 0) is 30.5 Å². The zero-order valence-electron chi connectivity index (χ0n) is 10.5. The van der Waals surface area contributed by atoms with Crippen LogP contribution in [0.1, 0.15) is 48.5 Å². The average Bonchev–Trinajstić information content (AvgIpc) is 2.35. The number of aryl methyl sites for hydroxylation is 1. The molecule has 1 aromatic rings. The number of carbonyl (C=O) groups is 1. The Morgan fingerprint density at radius 3 is 2.65 bits per heavy atom. The molecule has 1 aromatic carbocycles. The topological polar surface area (TPSA) is 26.3 Å². The molecule has 17 heavy (non-hydrogen) atoms. The van der Waals surface area contributed by atoms with Crippen LogP contribution in [0.15, 0.2) is 16.6 Å². The number of halogens is 1. The molecule has 0 saturated carbocycles. The van der Waals surface area contributed by atoms with Gasteiger partial charge >= 0.3 is 0 Å². The molecule has 0 aromatic heterocycles. The van der Waals surface area contributed by atoms with Gasteiger partial charge in [0.2, 0.25) is 0 Å². The summed E-state index contributed by atoms with van der Waals surface area (Å²) >= 11 is 3.51. The highest BCUT2D eigenvalue weighted by Gasteiger charge is 2.08. The van der Waals surface area contributed by atoms with Crippen molar-refractivity contribution in [2.75, 3.05) is 7.11 Å². The minimum atomic E-state index is 0.594. The van der Waals surface area contributed by atoms with E-state index in [4.69, 9.17) is 4.74 Å². The molecule has 0 aliphatic carbocycles. The minimum absolute atomic E-state index is 0.594. The molecular weight excluding hydrogens is 280 g/mol. The molecular formula is C14H19BrO2. The van der Waals surface area contributed by atoms with E-state index in [1.165, 1.54) is 31.2 Å². The highest BCUT2D eigenvalue weighted by Crippen LogP contribution is 2.27. The van der Waals surface area contributed by atoms with Gasteiger partial charge in [0, 0.05) is 4.47 Å². The van der Waals surface area contributed by atoms with Crippen molar-refractivity contribution in [2.24, 2.45) is 0 Å². The first kappa shape index (κ1) is 14.2. The Bertz CT molecular complexity index is 375. The maximum absolute atomic E-state index is 10.8. The lowest BCUT2D eigenvalue weighted by molar-refractivity contribution is 0.112. The molecule has 0 radical (unpaired) electrons. The monoisotopic (exact) mass is 298 g/mol. The summed E-state index contributed by atoms with van der Waals surface area (Å²) in [5, 5.41) is 0. The van der Waals surface area contributed by atoms with E-state index in [9.17, 15) is 4.79 Å². The van der Waals surface area contributed by atoms with Crippen LogP contribution in [0.2, 0.25) is 0 Å². The van der Waals surface area contributed by atoms with E-state index in [0.717, 1.165) is 17.2 Å².